The highest BCUT2D eigenvalue weighted by Gasteiger charge is 2.23. The topological polar surface area (TPSA) is 20.3 Å². The number of hydrogen-bond acceptors (Lipinski definition) is 1. The van der Waals surface area contributed by atoms with Crippen molar-refractivity contribution in [2.24, 2.45) is 0 Å². The molecule has 104 valence electrons. The Balaban J connectivity index is 1.60. The van der Waals surface area contributed by atoms with Crippen molar-refractivity contribution in [3.63, 3.8) is 0 Å². The van der Waals surface area contributed by atoms with E-state index < -0.39 is 0 Å². The molecule has 1 aromatic rings. The largest absolute Gasteiger partial charge is 0.339 e. The molecule has 0 spiro atoms. The summed E-state index contributed by atoms with van der Waals surface area (Å²) in [5, 5.41) is 0.677. The number of benzene rings is 1. The van der Waals surface area contributed by atoms with Gasteiger partial charge in [0.2, 0.25) is 5.91 Å². The minimum absolute atomic E-state index is 0.0877. The first-order valence-corrected chi connectivity index (χ1v) is 7.53. The summed E-state index contributed by atoms with van der Waals surface area (Å²) in [7, 11) is 0. The number of rotatable bonds is 2. The zero-order chi connectivity index (χ0) is 13.9. The third kappa shape index (κ3) is 3.13. The predicted molar refractivity (Wildman–Crippen MR) is 82.6 cm³/mol. The minimum atomic E-state index is 0.0877. The van der Waals surface area contributed by atoms with Crippen LogP contribution in [-0.2, 0) is 4.79 Å². The summed E-state index contributed by atoms with van der Waals surface area (Å²) in [4.78, 5) is 14.1. The van der Waals surface area contributed by atoms with Gasteiger partial charge in [0.1, 0.15) is 0 Å². The van der Waals surface area contributed by atoms with Crippen molar-refractivity contribution in [1.82, 2.24) is 4.90 Å². The molecule has 20 heavy (non-hydrogen) atoms. The maximum Gasteiger partial charge on any atom is 0.246 e. The lowest BCUT2D eigenvalue weighted by Gasteiger charge is -2.27. The van der Waals surface area contributed by atoms with Crippen LogP contribution in [0.1, 0.15) is 31.2 Å². The molecule has 1 saturated heterocycles. The number of nitrogens with zero attached hydrogens (tertiary/aromatic N) is 1. The molecule has 0 atom stereocenters. The van der Waals surface area contributed by atoms with E-state index in [1.54, 1.807) is 23.3 Å². The quantitative estimate of drug-likeness (QED) is 0.593. The van der Waals surface area contributed by atoms with Crippen molar-refractivity contribution in [1.29, 1.82) is 0 Å². The average molecular weight is 288 g/mol. The molecule has 3 heteroatoms. The highest BCUT2D eigenvalue weighted by Crippen LogP contribution is 2.36. The Labute approximate surface area is 124 Å². The van der Waals surface area contributed by atoms with Gasteiger partial charge in [0.05, 0.1) is 0 Å². The summed E-state index contributed by atoms with van der Waals surface area (Å²) in [6.45, 7) is 1.70. The summed E-state index contributed by atoms with van der Waals surface area (Å²) in [5.74, 6) is 0.0877. The summed E-state index contributed by atoms with van der Waals surface area (Å²) < 4.78 is 0. The number of amides is 1. The second-order valence-corrected chi connectivity index (χ2v) is 5.79. The van der Waals surface area contributed by atoms with Gasteiger partial charge in [-0.05, 0) is 43.4 Å². The molecule has 2 aliphatic rings. The summed E-state index contributed by atoms with van der Waals surface area (Å²) >= 11 is 6.07. The fourth-order valence-electron chi connectivity index (χ4n) is 2.64. The molecule has 3 rings (SSSR count). The van der Waals surface area contributed by atoms with Crippen LogP contribution in [0.15, 0.2) is 41.5 Å². The van der Waals surface area contributed by atoms with E-state index in [-0.39, 0.29) is 5.91 Å². The van der Waals surface area contributed by atoms with Gasteiger partial charge in [-0.15, -0.1) is 0 Å². The Hall–Kier alpha value is -1.54. The first-order valence-electron chi connectivity index (χ1n) is 7.15. The molecular formula is C17H18ClNO. The van der Waals surface area contributed by atoms with E-state index in [1.807, 2.05) is 29.2 Å². The molecule has 0 aromatic heterocycles. The van der Waals surface area contributed by atoms with Crippen LogP contribution >= 0.6 is 11.6 Å². The number of allylic oxidation sites excluding steroid dienone is 1. The van der Waals surface area contributed by atoms with Gasteiger partial charge in [-0.25, -0.2) is 0 Å². The summed E-state index contributed by atoms with van der Waals surface area (Å²) in [5.41, 5.74) is 4.13. The van der Waals surface area contributed by atoms with Crippen molar-refractivity contribution in [2.75, 3.05) is 13.1 Å². The minimum Gasteiger partial charge on any atom is -0.339 e. The van der Waals surface area contributed by atoms with Gasteiger partial charge >= 0.3 is 0 Å². The number of piperidine rings is 1. The number of carbonyl (C=O) groups excluding carboxylic acids is 1. The lowest BCUT2D eigenvalue weighted by atomic mass is 10.0. The van der Waals surface area contributed by atoms with E-state index in [0.717, 1.165) is 31.5 Å². The van der Waals surface area contributed by atoms with Crippen molar-refractivity contribution < 1.29 is 4.79 Å². The van der Waals surface area contributed by atoms with Crippen molar-refractivity contribution in [3.05, 3.63) is 52.1 Å². The molecule has 0 N–H and O–H groups in total. The molecule has 1 aliphatic carbocycles. The molecular weight excluding hydrogens is 270 g/mol. The van der Waals surface area contributed by atoms with Crippen LogP contribution in [0.3, 0.4) is 0 Å². The van der Waals surface area contributed by atoms with E-state index in [1.165, 1.54) is 12.8 Å². The molecule has 1 aromatic carbocycles. The number of hydrogen-bond donors (Lipinski definition) is 0. The standard InChI is InChI=1S/C17H18ClNO/c18-16-4-2-1-3-15(16)7-8-17(20)19-11-9-14(10-12-19)13-5-6-13/h1-4,7-8H,5-6,9-12H2/b8-7+. The van der Waals surface area contributed by atoms with Gasteiger partial charge in [0, 0.05) is 24.2 Å². The van der Waals surface area contributed by atoms with Gasteiger partial charge in [-0.1, -0.05) is 40.9 Å². The molecule has 2 nitrogen and oxygen atoms in total. The van der Waals surface area contributed by atoms with Gasteiger partial charge < -0.3 is 4.90 Å². The highest BCUT2D eigenvalue weighted by molar-refractivity contribution is 6.32. The van der Waals surface area contributed by atoms with Crippen molar-refractivity contribution in [2.45, 2.75) is 25.7 Å². The molecule has 1 heterocycles. The zero-order valence-corrected chi connectivity index (χ0v) is 12.2. The molecule has 1 saturated carbocycles. The van der Waals surface area contributed by atoms with E-state index in [2.05, 4.69) is 0 Å². The maximum atomic E-state index is 12.2. The Morgan fingerprint density at radius 1 is 1.05 bits per heavy atom. The number of carbonyl (C=O) groups is 1. The fourth-order valence-corrected chi connectivity index (χ4v) is 2.84. The summed E-state index contributed by atoms with van der Waals surface area (Å²) in [6.07, 6.45) is 8.13. The van der Waals surface area contributed by atoms with Crippen LogP contribution in [0, 0.1) is 0 Å². The number of halogens is 1. The second-order valence-electron chi connectivity index (χ2n) is 5.39. The van der Waals surface area contributed by atoms with Crippen molar-refractivity contribution in [3.8, 4) is 0 Å². The van der Waals surface area contributed by atoms with Crippen LogP contribution in [-0.4, -0.2) is 23.9 Å². The van der Waals surface area contributed by atoms with Crippen LogP contribution < -0.4 is 0 Å². The predicted octanol–water partition coefficient (Wildman–Crippen LogP) is 4.07. The Morgan fingerprint density at radius 2 is 1.70 bits per heavy atom. The molecule has 1 amide bonds. The van der Waals surface area contributed by atoms with Crippen molar-refractivity contribution >= 4 is 23.6 Å². The van der Waals surface area contributed by atoms with E-state index >= 15 is 0 Å². The van der Waals surface area contributed by atoms with Gasteiger partial charge in [-0.3, -0.25) is 4.79 Å². The lowest BCUT2D eigenvalue weighted by molar-refractivity contribution is -0.126. The molecule has 0 bridgehead atoms. The SMILES string of the molecule is O=C(/C=C/c1ccccc1Cl)N1CCC(=C2CC2)CC1. The fraction of sp³-hybridized carbons (Fsp3) is 0.353. The van der Waals surface area contributed by atoms with E-state index in [4.69, 9.17) is 11.6 Å². The van der Waals surface area contributed by atoms with E-state index in [9.17, 15) is 4.79 Å². The molecule has 0 radical (unpaired) electrons. The number of likely N-dealkylation sites (tertiary alicyclic amines) is 1. The van der Waals surface area contributed by atoms with E-state index in [0.29, 0.717) is 5.02 Å². The van der Waals surface area contributed by atoms with Gasteiger partial charge in [-0.2, -0.15) is 0 Å². The molecule has 2 fully saturated rings. The maximum absolute atomic E-state index is 12.2. The average Bonchev–Trinajstić information content (AvgIpc) is 3.31. The third-order valence-corrected chi connectivity index (χ3v) is 4.33. The monoisotopic (exact) mass is 287 g/mol. The van der Waals surface area contributed by atoms with Crippen LogP contribution in [0.4, 0.5) is 0 Å². The van der Waals surface area contributed by atoms with Crippen LogP contribution in [0.25, 0.3) is 6.08 Å². The van der Waals surface area contributed by atoms with Gasteiger partial charge in [0.15, 0.2) is 0 Å². The molecule has 0 unspecified atom stereocenters. The molecule has 1 aliphatic heterocycles. The Bertz CT molecular complexity index is 572. The highest BCUT2D eigenvalue weighted by atomic mass is 35.5. The zero-order valence-electron chi connectivity index (χ0n) is 11.4. The Kier molecular flexibility index (Phi) is 3.93. The first-order chi connectivity index (χ1) is 9.74. The Morgan fingerprint density at radius 3 is 2.35 bits per heavy atom. The van der Waals surface area contributed by atoms with Gasteiger partial charge in [0.25, 0.3) is 0 Å². The smallest absolute Gasteiger partial charge is 0.246 e. The third-order valence-electron chi connectivity index (χ3n) is 3.99. The second kappa shape index (κ2) is 5.84. The first kappa shape index (κ1) is 13.4. The van der Waals surface area contributed by atoms with Crippen LogP contribution in [0.2, 0.25) is 5.02 Å². The normalized spacial score (nSPS) is 18.8. The van der Waals surface area contributed by atoms with Crippen LogP contribution in [0.5, 0.6) is 0 Å². The lowest BCUT2D eigenvalue weighted by Crippen LogP contribution is -2.35. The summed E-state index contributed by atoms with van der Waals surface area (Å²) in [6, 6.07) is 7.56.